The molecular weight excluding hydrogens is 262 g/mol. The first-order valence-corrected chi connectivity index (χ1v) is 7.20. The summed E-state index contributed by atoms with van der Waals surface area (Å²) in [5.41, 5.74) is 3.40. The van der Waals surface area contributed by atoms with Crippen molar-refractivity contribution in [2.75, 3.05) is 25.1 Å². The maximum Gasteiger partial charge on any atom is 0.122 e. The number of para-hydroxylation sites is 1. The number of aliphatic hydroxyl groups excluding tert-OH is 1. The predicted octanol–water partition coefficient (Wildman–Crippen LogP) is 3.18. The minimum atomic E-state index is -0.532. The van der Waals surface area contributed by atoms with Crippen molar-refractivity contribution in [3.8, 4) is 5.75 Å². The monoisotopic (exact) mass is 285 g/mol. The van der Waals surface area contributed by atoms with Crippen molar-refractivity contribution in [2.45, 2.75) is 20.0 Å². The molecule has 0 radical (unpaired) electrons. The molecule has 2 aromatic carbocycles. The van der Waals surface area contributed by atoms with Crippen molar-refractivity contribution in [2.24, 2.45) is 0 Å². The molecule has 0 aliphatic rings. The Labute approximate surface area is 126 Å². The van der Waals surface area contributed by atoms with E-state index in [-0.39, 0.29) is 0 Å². The van der Waals surface area contributed by atoms with Crippen LogP contribution in [0.1, 0.15) is 11.1 Å². The van der Waals surface area contributed by atoms with E-state index < -0.39 is 6.10 Å². The Balaban J connectivity index is 1.87. The first-order valence-electron chi connectivity index (χ1n) is 7.20. The Bertz CT molecular complexity index is 583. The fraction of sp³-hybridized carbons (Fsp3) is 0.333. The van der Waals surface area contributed by atoms with Gasteiger partial charge in [0.1, 0.15) is 18.5 Å². The fourth-order valence-corrected chi connectivity index (χ4v) is 2.24. The van der Waals surface area contributed by atoms with Crippen LogP contribution in [0.25, 0.3) is 0 Å². The van der Waals surface area contributed by atoms with E-state index in [4.69, 9.17) is 4.74 Å². The molecular formula is C18H23NO2. The lowest BCUT2D eigenvalue weighted by Gasteiger charge is -2.23. The summed E-state index contributed by atoms with van der Waals surface area (Å²) < 4.78 is 5.68. The Morgan fingerprint density at radius 3 is 2.57 bits per heavy atom. The number of benzene rings is 2. The zero-order valence-corrected chi connectivity index (χ0v) is 12.9. The average molecular weight is 285 g/mol. The van der Waals surface area contributed by atoms with E-state index in [9.17, 15) is 5.11 Å². The minimum absolute atomic E-state index is 0.293. The number of hydrogen-bond acceptors (Lipinski definition) is 3. The maximum atomic E-state index is 10.1. The minimum Gasteiger partial charge on any atom is -0.491 e. The molecule has 112 valence electrons. The summed E-state index contributed by atoms with van der Waals surface area (Å²) in [6.45, 7) is 4.89. The summed E-state index contributed by atoms with van der Waals surface area (Å²) in [6.07, 6.45) is -0.532. The lowest BCUT2D eigenvalue weighted by Crippen LogP contribution is -2.33. The summed E-state index contributed by atoms with van der Waals surface area (Å²) in [7, 11) is 1.98. The molecule has 2 rings (SSSR count). The third-order valence-electron chi connectivity index (χ3n) is 3.45. The van der Waals surface area contributed by atoms with Crippen LogP contribution in [0, 0.1) is 13.8 Å². The molecule has 0 spiro atoms. The van der Waals surface area contributed by atoms with Crippen molar-refractivity contribution in [3.05, 3.63) is 59.7 Å². The molecule has 3 heteroatoms. The van der Waals surface area contributed by atoms with Gasteiger partial charge in [-0.25, -0.2) is 0 Å². The second-order valence-corrected chi connectivity index (χ2v) is 5.45. The normalized spacial score (nSPS) is 12.0. The summed E-state index contributed by atoms with van der Waals surface area (Å²) in [6, 6.07) is 16.1. The van der Waals surface area contributed by atoms with Crippen LogP contribution in [0.15, 0.2) is 48.5 Å². The van der Waals surface area contributed by atoms with E-state index in [0.29, 0.717) is 13.2 Å². The highest BCUT2D eigenvalue weighted by molar-refractivity contribution is 5.47. The van der Waals surface area contributed by atoms with E-state index in [1.54, 1.807) is 0 Å². The van der Waals surface area contributed by atoms with Gasteiger partial charge in [-0.1, -0.05) is 30.3 Å². The third-order valence-corrected chi connectivity index (χ3v) is 3.45. The Hall–Kier alpha value is -2.00. The first kappa shape index (κ1) is 15.4. The smallest absolute Gasteiger partial charge is 0.122 e. The number of ether oxygens (including phenoxy) is 1. The van der Waals surface area contributed by atoms with Crippen molar-refractivity contribution >= 4 is 5.69 Å². The molecule has 0 aromatic heterocycles. The zero-order valence-electron chi connectivity index (χ0n) is 12.9. The van der Waals surface area contributed by atoms with Gasteiger partial charge < -0.3 is 14.7 Å². The van der Waals surface area contributed by atoms with Crippen LogP contribution >= 0.6 is 0 Å². The number of hydrogen-bond donors (Lipinski definition) is 1. The van der Waals surface area contributed by atoms with Crippen molar-refractivity contribution in [3.63, 3.8) is 0 Å². The lowest BCUT2D eigenvalue weighted by molar-refractivity contribution is 0.113. The number of likely N-dealkylation sites (N-methyl/N-ethyl adjacent to an activating group) is 1. The molecule has 21 heavy (non-hydrogen) atoms. The highest BCUT2D eigenvalue weighted by Crippen LogP contribution is 2.17. The van der Waals surface area contributed by atoms with Gasteiger partial charge in [-0.2, -0.15) is 0 Å². The topological polar surface area (TPSA) is 32.7 Å². The molecule has 3 nitrogen and oxygen atoms in total. The number of rotatable bonds is 6. The number of anilines is 1. The molecule has 2 aromatic rings. The first-order chi connectivity index (χ1) is 10.1. The predicted molar refractivity (Wildman–Crippen MR) is 87.1 cm³/mol. The molecule has 1 unspecified atom stereocenters. The van der Waals surface area contributed by atoms with Crippen molar-refractivity contribution < 1.29 is 9.84 Å². The van der Waals surface area contributed by atoms with Gasteiger partial charge in [0.05, 0.1) is 0 Å². The second kappa shape index (κ2) is 7.14. The summed E-state index contributed by atoms with van der Waals surface area (Å²) in [5.74, 6) is 0.828. The largest absolute Gasteiger partial charge is 0.491 e. The Kier molecular flexibility index (Phi) is 5.23. The molecule has 0 aliphatic carbocycles. The molecule has 0 aliphatic heterocycles. The molecule has 0 saturated carbocycles. The van der Waals surface area contributed by atoms with E-state index in [1.807, 2.05) is 55.3 Å². The van der Waals surface area contributed by atoms with Crippen LogP contribution in [-0.2, 0) is 0 Å². The molecule has 0 amide bonds. The van der Waals surface area contributed by atoms with E-state index in [0.717, 1.165) is 17.0 Å². The Morgan fingerprint density at radius 1 is 1.10 bits per heavy atom. The molecule has 0 heterocycles. The molecule has 0 fully saturated rings. The molecule has 0 saturated heterocycles. The SMILES string of the molecule is Cc1cccc(N(C)CC(O)COc2ccccc2C)c1. The molecule has 1 N–H and O–H groups in total. The number of aryl methyl sites for hydroxylation is 2. The van der Waals surface area contributed by atoms with Gasteiger partial charge >= 0.3 is 0 Å². The van der Waals surface area contributed by atoms with Crippen LogP contribution in [0.3, 0.4) is 0 Å². The summed E-state index contributed by atoms with van der Waals surface area (Å²) >= 11 is 0. The van der Waals surface area contributed by atoms with Gasteiger partial charge in [0.2, 0.25) is 0 Å². The van der Waals surface area contributed by atoms with Crippen LogP contribution in [0.4, 0.5) is 5.69 Å². The van der Waals surface area contributed by atoms with Gasteiger partial charge in [0, 0.05) is 19.3 Å². The van der Waals surface area contributed by atoms with Crippen LogP contribution < -0.4 is 9.64 Å². The summed E-state index contributed by atoms with van der Waals surface area (Å²) in [5, 5.41) is 10.1. The number of nitrogens with zero attached hydrogens (tertiary/aromatic N) is 1. The fourth-order valence-electron chi connectivity index (χ4n) is 2.24. The zero-order chi connectivity index (χ0) is 15.2. The highest BCUT2D eigenvalue weighted by Gasteiger charge is 2.10. The second-order valence-electron chi connectivity index (χ2n) is 5.45. The van der Waals surface area contributed by atoms with Gasteiger partial charge in [-0.15, -0.1) is 0 Å². The van der Waals surface area contributed by atoms with Crippen LogP contribution in [-0.4, -0.2) is 31.4 Å². The van der Waals surface area contributed by atoms with Gasteiger partial charge in [0.25, 0.3) is 0 Å². The maximum absolute atomic E-state index is 10.1. The van der Waals surface area contributed by atoms with E-state index >= 15 is 0 Å². The van der Waals surface area contributed by atoms with Crippen molar-refractivity contribution in [1.82, 2.24) is 0 Å². The van der Waals surface area contributed by atoms with Gasteiger partial charge in [-0.3, -0.25) is 0 Å². The van der Waals surface area contributed by atoms with E-state index in [2.05, 4.69) is 19.1 Å². The highest BCUT2D eigenvalue weighted by atomic mass is 16.5. The van der Waals surface area contributed by atoms with Crippen molar-refractivity contribution in [1.29, 1.82) is 0 Å². The van der Waals surface area contributed by atoms with Gasteiger partial charge in [0.15, 0.2) is 0 Å². The Morgan fingerprint density at radius 2 is 1.86 bits per heavy atom. The number of aliphatic hydroxyl groups is 1. The quantitative estimate of drug-likeness (QED) is 0.885. The van der Waals surface area contributed by atoms with Gasteiger partial charge in [-0.05, 0) is 43.2 Å². The standard InChI is InChI=1S/C18H23NO2/c1-14-7-6-9-16(11-14)19(3)12-17(20)13-21-18-10-5-4-8-15(18)2/h4-11,17,20H,12-13H2,1-3H3. The van der Waals surface area contributed by atoms with Crippen LogP contribution in [0.2, 0.25) is 0 Å². The summed E-state index contributed by atoms with van der Waals surface area (Å²) in [4.78, 5) is 2.04. The molecule has 1 atom stereocenters. The lowest BCUT2D eigenvalue weighted by atomic mass is 10.2. The average Bonchev–Trinajstić information content (AvgIpc) is 2.46. The molecule has 0 bridgehead atoms. The third kappa shape index (κ3) is 4.50. The van der Waals surface area contributed by atoms with Crippen LogP contribution in [0.5, 0.6) is 5.75 Å². The van der Waals surface area contributed by atoms with E-state index in [1.165, 1.54) is 5.56 Å².